The highest BCUT2D eigenvalue weighted by Gasteiger charge is 2.51. The summed E-state index contributed by atoms with van der Waals surface area (Å²) in [5.41, 5.74) is 26.5. The fourth-order valence-electron chi connectivity index (χ4n) is 11.5. The lowest BCUT2D eigenvalue weighted by atomic mass is 9.70. The largest absolute Gasteiger partial charge is 0.310 e. The summed E-state index contributed by atoms with van der Waals surface area (Å²) in [7, 11) is 0. The molecule has 290 valence electrons. The number of hydrogen-bond acceptors (Lipinski definition) is 1. The van der Waals surface area contributed by atoms with Gasteiger partial charge < -0.3 is 4.90 Å². The first-order valence-electron chi connectivity index (χ1n) is 21.6. The molecule has 0 bridgehead atoms. The minimum absolute atomic E-state index is 0.135. The van der Waals surface area contributed by atoms with Crippen LogP contribution in [0.3, 0.4) is 0 Å². The van der Waals surface area contributed by atoms with Crippen LogP contribution in [0.15, 0.2) is 200 Å². The number of rotatable bonds is 5. The van der Waals surface area contributed by atoms with Gasteiger partial charge in [-0.25, -0.2) is 0 Å². The van der Waals surface area contributed by atoms with Crippen LogP contribution in [-0.2, 0) is 10.8 Å². The van der Waals surface area contributed by atoms with Crippen LogP contribution < -0.4 is 4.90 Å². The number of hydrogen-bond donors (Lipinski definition) is 0. The average molecular weight is 780 g/mol. The van der Waals surface area contributed by atoms with Gasteiger partial charge in [0.25, 0.3) is 0 Å². The molecule has 3 aliphatic carbocycles. The summed E-state index contributed by atoms with van der Waals surface area (Å²) in [6.07, 6.45) is 0. The molecule has 9 aromatic carbocycles. The lowest BCUT2D eigenvalue weighted by Gasteiger charge is -2.33. The highest BCUT2D eigenvalue weighted by atomic mass is 15.1. The first-order chi connectivity index (χ1) is 29.9. The fraction of sp³-hybridized carbons (Fsp3) is 0.100. The van der Waals surface area contributed by atoms with Crippen molar-refractivity contribution in [2.45, 2.75) is 38.5 Å². The van der Waals surface area contributed by atoms with Gasteiger partial charge >= 0.3 is 0 Å². The average Bonchev–Trinajstić information content (AvgIpc) is 3.86. The van der Waals surface area contributed by atoms with E-state index in [0.717, 1.165) is 5.69 Å². The van der Waals surface area contributed by atoms with Crippen molar-refractivity contribution in [1.82, 2.24) is 0 Å². The highest BCUT2D eigenvalue weighted by molar-refractivity contribution is 5.97. The normalized spacial score (nSPS) is 14.2. The standard InChI is InChI=1S/C60H45N/c1-38-34-41(45-21-9-8-20-44(45)40-18-6-5-7-19-40)35-39(2)58(38)61(42-30-32-50-46-22-10-14-26-52(46)59(3,4)56(50)36-42)43-31-33-51-49-25-13-17-29-55(49)60(57(51)37-43)53-27-15-11-23-47(53)48-24-12-16-28-54(48)60/h5-37H,1-4H3. The van der Waals surface area contributed by atoms with E-state index in [1.54, 1.807) is 0 Å². The quantitative estimate of drug-likeness (QED) is 0.168. The van der Waals surface area contributed by atoms with Gasteiger partial charge in [0.1, 0.15) is 0 Å². The molecule has 1 nitrogen and oxygen atoms in total. The molecule has 0 unspecified atom stereocenters. The number of benzene rings is 9. The molecule has 12 rings (SSSR count). The summed E-state index contributed by atoms with van der Waals surface area (Å²) in [6.45, 7) is 9.36. The Bertz CT molecular complexity index is 3170. The molecule has 61 heavy (non-hydrogen) atoms. The Hall–Kier alpha value is -7.22. The van der Waals surface area contributed by atoms with Crippen molar-refractivity contribution in [2.75, 3.05) is 4.90 Å². The van der Waals surface area contributed by atoms with Gasteiger partial charge in [0.05, 0.1) is 11.1 Å². The van der Waals surface area contributed by atoms with Crippen LogP contribution in [0.2, 0.25) is 0 Å². The van der Waals surface area contributed by atoms with Crippen LogP contribution in [0, 0.1) is 13.8 Å². The lowest BCUT2D eigenvalue weighted by molar-refractivity contribution is 0.660. The Labute approximate surface area is 359 Å². The predicted molar refractivity (Wildman–Crippen MR) is 255 cm³/mol. The topological polar surface area (TPSA) is 3.24 Å². The van der Waals surface area contributed by atoms with Crippen LogP contribution in [0.5, 0.6) is 0 Å². The molecule has 0 saturated heterocycles. The van der Waals surface area contributed by atoms with E-state index in [-0.39, 0.29) is 5.41 Å². The Morgan fingerprint density at radius 1 is 0.311 bits per heavy atom. The molecule has 0 radical (unpaired) electrons. The SMILES string of the molecule is Cc1cc(-c2ccccc2-c2ccccc2)cc(C)c1N(c1ccc2c(c1)C(C)(C)c1ccccc1-2)c1ccc2c(c1)C1(c3ccccc3-c3ccccc31)c1ccccc1-2. The number of aryl methyl sites for hydroxylation is 2. The second kappa shape index (κ2) is 13.1. The van der Waals surface area contributed by atoms with Crippen LogP contribution >= 0.6 is 0 Å². The van der Waals surface area contributed by atoms with Crippen LogP contribution in [-0.4, -0.2) is 0 Å². The maximum absolute atomic E-state index is 2.56. The first kappa shape index (κ1) is 35.7. The van der Waals surface area contributed by atoms with E-state index in [9.17, 15) is 0 Å². The molecule has 0 heterocycles. The maximum atomic E-state index is 2.56. The van der Waals surface area contributed by atoms with Gasteiger partial charge in [0.2, 0.25) is 0 Å². The second-order valence-electron chi connectivity index (χ2n) is 17.7. The van der Waals surface area contributed by atoms with E-state index in [2.05, 4.69) is 233 Å². The summed E-state index contributed by atoms with van der Waals surface area (Å²) in [4.78, 5) is 2.56. The van der Waals surface area contributed by atoms with Crippen molar-refractivity contribution in [3.63, 3.8) is 0 Å². The number of anilines is 3. The molecule has 0 aromatic heterocycles. The summed E-state index contributed by atoms with van der Waals surface area (Å²) in [6, 6.07) is 75.1. The van der Waals surface area contributed by atoms with Crippen LogP contribution in [0.25, 0.3) is 55.6 Å². The summed E-state index contributed by atoms with van der Waals surface area (Å²) in [5.74, 6) is 0. The van der Waals surface area contributed by atoms with Gasteiger partial charge in [-0.1, -0.05) is 178 Å². The minimum Gasteiger partial charge on any atom is -0.310 e. The number of fused-ring (bicyclic) bond motifs is 13. The lowest BCUT2D eigenvalue weighted by Crippen LogP contribution is -2.26. The van der Waals surface area contributed by atoms with Crippen LogP contribution in [0.4, 0.5) is 17.1 Å². The van der Waals surface area contributed by atoms with Crippen molar-refractivity contribution in [3.05, 3.63) is 245 Å². The smallest absolute Gasteiger partial charge is 0.0726 e. The monoisotopic (exact) mass is 779 g/mol. The second-order valence-corrected chi connectivity index (χ2v) is 17.7. The van der Waals surface area contributed by atoms with Gasteiger partial charge in [0, 0.05) is 16.8 Å². The van der Waals surface area contributed by atoms with Crippen molar-refractivity contribution in [2.24, 2.45) is 0 Å². The molecule has 0 N–H and O–H groups in total. The van der Waals surface area contributed by atoms with E-state index < -0.39 is 5.41 Å². The zero-order chi connectivity index (χ0) is 41.0. The molecular formula is C60H45N. The highest BCUT2D eigenvalue weighted by Crippen LogP contribution is 2.63. The third-order valence-electron chi connectivity index (χ3n) is 14.1. The molecule has 0 saturated carbocycles. The molecule has 3 aliphatic rings. The minimum atomic E-state index is -0.433. The maximum Gasteiger partial charge on any atom is 0.0726 e. The van der Waals surface area contributed by atoms with Crippen molar-refractivity contribution in [1.29, 1.82) is 0 Å². The molecule has 0 amide bonds. The Morgan fingerprint density at radius 3 is 1.21 bits per heavy atom. The van der Waals surface area contributed by atoms with E-state index in [1.807, 2.05) is 0 Å². The summed E-state index contributed by atoms with van der Waals surface area (Å²) >= 11 is 0. The third kappa shape index (κ3) is 4.95. The molecule has 1 heteroatoms. The van der Waals surface area contributed by atoms with Crippen LogP contribution in [0.1, 0.15) is 58.4 Å². The Kier molecular flexibility index (Phi) is 7.69. The van der Waals surface area contributed by atoms with Gasteiger partial charge in [-0.05, 0) is 150 Å². The van der Waals surface area contributed by atoms with Crippen molar-refractivity contribution < 1.29 is 0 Å². The molecule has 0 atom stereocenters. The van der Waals surface area contributed by atoms with Crippen molar-refractivity contribution in [3.8, 4) is 55.6 Å². The Morgan fingerprint density at radius 2 is 0.689 bits per heavy atom. The molecular weight excluding hydrogens is 735 g/mol. The van der Waals surface area contributed by atoms with Gasteiger partial charge in [-0.15, -0.1) is 0 Å². The predicted octanol–water partition coefficient (Wildman–Crippen LogP) is 15.8. The fourth-order valence-corrected chi connectivity index (χ4v) is 11.5. The van der Waals surface area contributed by atoms with E-state index in [0.29, 0.717) is 0 Å². The van der Waals surface area contributed by atoms with E-state index in [4.69, 9.17) is 0 Å². The van der Waals surface area contributed by atoms with E-state index >= 15 is 0 Å². The first-order valence-corrected chi connectivity index (χ1v) is 21.6. The third-order valence-corrected chi connectivity index (χ3v) is 14.1. The zero-order valence-corrected chi connectivity index (χ0v) is 35.0. The number of nitrogens with zero attached hydrogens (tertiary/aromatic N) is 1. The van der Waals surface area contributed by atoms with Crippen molar-refractivity contribution >= 4 is 17.1 Å². The van der Waals surface area contributed by atoms with Gasteiger partial charge in [-0.3, -0.25) is 0 Å². The molecule has 0 aliphatic heterocycles. The summed E-state index contributed by atoms with van der Waals surface area (Å²) < 4.78 is 0. The Balaban J connectivity index is 1.11. The van der Waals surface area contributed by atoms with Gasteiger partial charge in [0.15, 0.2) is 0 Å². The molecule has 0 fully saturated rings. The van der Waals surface area contributed by atoms with E-state index in [1.165, 1.54) is 112 Å². The molecule has 9 aromatic rings. The zero-order valence-electron chi connectivity index (χ0n) is 35.0. The van der Waals surface area contributed by atoms with Gasteiger partial charge in [-0.2, -0.15) is 0 Å². The molecule has 1 spiro atoms. The summed E-state index contributed by atoms with van der Waals surface area (Å²) in [5, 5.41) is 0.